The lowest BCUT2D eigenvalue weighted by Gasteiger charge is -2.19. The number of hydrogen-bond donors (Lipinski definition) is 1. The van der Waals surface area contributed by atoms with Crippen LogP contribution in [-0.2, 0) is 4.84 Å². The lowest BCUT2D eigenvalue weighted by atomic mass is 10.1. The number of fused-ring (bicyclic) bond motifs is 1. The zero-order chi connectivity index (χ0) is 12.3. The van der Waals surface area contributed by atoms with E-state index in [2.05, 4.69) is 0 Å². The quantitative estimate of drug-likeness (QED) is 0.813. The van der Waals surface area contributed by atoms with E-state index in [1.54, 1.807) is 36.0 Å². The van der Waals surface area contributed by atoms with E-state index in [9.17, 15) is 9.90 Å². The summed E-state index contributed by atoms with van der Waals surface area (Å²) in [5.74, 6) is 0.711. The van der Waals surface area contributed by atoms with E-state index in [1.165, 1.54) is 0 Å². The molecule has 0 radical (unpaired) electrons. The molecule has 1 heterocycles. The minimum absolute atomic E-state index is 0.266. The van der Waals surface area contributed by atoms with Gasteiger partial charge in [0, 0.05) is 11.1 Å². The van der Waals surface area contributed by atoms with E-state index in [-0.39, 0.29) is 5.91 Å². The summed E-state index contributed by atoms with van der Waals surface area (Å²) in [5, 5.41) is 11.0. The highest BCUT2D eigenvalue weighted by Gasteiger charge is 2.36. The molecule has 0 saturated heterocycles. The minimum atomic E-state index is -0.979. The predicted molar refractivity (Wildman–Crippen MR) is 66.5 cm³/mol. The van der Waals surface area contributed by atoms with Crippen molar-refractivity contribution >= 4 is 17.7 Å². The molecule has 17 heavy (non-hydrogen) atoms. The molecule has 1 aromatic rings. The molecule has 1 N–H and O–H groups in total. The molecule has 0 aromatic heterocycles. The highest BCUT2D eigenvalue weighted by molar-refractivity contribution is 7.98. The zero-order valence-corrected chi connectivity index (χ0v) is 10.4. The molecule has 2 rings (SSSR count). The van der Waals surface area contributed by atoms with E-state index in [1.807, 2.05) is 6.26 Å². The van der Waals surface area contributed by atoms with E-state index >= 15 is 0 Å². The molecule has 92 valence electrons. The van der Waals surface area contributed by atoms with Crippen LogP contribution >= 0.6 is 11.8 Å². The monoisotopic (exact) mass is 253 g/mol. The Morgan fingerprint density at radius 1 is 1.47 bits per heavy atom. The van der Waals surface area contributed by atoms with Gasteiger partial charge in [0.2, 0.25) is 0 Å². The highest BCUT2D eigenvalue weighted by atomic mass is 32.2. The lowest BCUT2D eigenvalue weighted by molar-refractivity contribution is -0.198. The van der Waals surface area contributed by atoms with Crippen molar-refractivity contribution in [1.29, 1.82) is 0 Å². The van der Waals surface area contributed by atoms with Gasteiger partial charge in [0.25, 0.3) is 5.91 Å². The molecule has 0 spiro atoms. The summed E-state index contributed by atoms with van der Waals surface area (Å²) in [7, 11) is 0. The van der Waals surface area contributed by atoms with Crippen LogP contribution in [0.5, 0.6) is 0 Å². The highest BCUT2D eigenvalue weighted by Crippen LogP contribution is 2.31. The Morgan fingerprint density at radius 2 is 2.24 bits per heavy atom. The SMILES string of the molecule is CSCCCON1C(=O)c2ccccc2C1O. The number of benzene rings is 1. The summed E-state index contributed by atoms with van der Waals surface area (Å²) in [6.07, 6.45) is 1.90. The average Bonchev–Trinajstić information content (AvgIpc) is 2.60. The number of hydroxylamine groups is 2. The predicted octanol–water partition coefficient (Wildman–Crippen LogP) is 1.82. The van der Waals surface area contributed by atoms with Crippen molar-refractivity contribution in [3.63, 3.8) is 0 Å². The molecular weight excluding hydrogens is 238 g/mol. The van der Waals surface area contributed by atoms with Gasteiger partial charge in [0.15, 0.2) is 6.23 Å². The van der Waals surface area contributed by atoms with Gasteiger partial charge in [-0.3, -0.25) is 9.63 Å². The molecule has 1 unspecified atom stereocenters. The molecule has 1 aliphatic rings. The smallest absolute Gasteiger partial charge is 0.280 e. The maximum Gasteiger partial charge on any atom is 0.280 e. The molecule has 0 bridgehead atoms. The van der Waals surface area contributed by atoms with Crippen molar-refractivity contribution < 1.29 is 14.7 Å². The first-order valence-corrected chi connectivity index (χ1v) is 6.87. The Hall–Kier alpha value is -1.04. The normalized spacial score (nSPS) is 18.6. The van der Waals surface area contributed by atoms with Crippen LogP contribution in [0.3, 0.4) is 0 Å². The summed E-state index contributed by atoms with van der Waals surface area (Å²) < 4.78 is 0. The third-order valence-corrected chi connectivity index (χ3v) is 3.31. The minimum Gasteiger partial charge on any atom is -0.367 e. The summed E-state index contributed by atoms with van der Waals surface area (Å²) in [4.78, 5) is 17.2. The molecule has 0 fully saturated rings. The molecule has 1 amide bonds. The number of carbonyl (C=O) groups is 1. The van der Waals surface area contributed by atoms with E-state index in [4.69, 9.17) is 4.84 Å². The first kappa shape index (κ1) is 12.4. The maximum absolute atomic E-state index is 11.9. The Kier molecular flexibility index (Phi) is 4.04. The first-order valence-electron chi connectivity index (χ1n) is 5.48. The number of hydrogen-bond acceptors (Lipinski definition) is 4. The van der Waals surface area contributed by atoms with Crippen LogP contribution in [0.15, 0.2) is 24.3 Å². The number of rotatable bonds is 5. The van der Waals surface area contributed by atoms with E-state index < -0.39 is 6.23 Å². The molecule has 5 heteroatoms. The van der Waals surface area contributed by atoms with Gasteiger partial charge in [0.1, 0.15) is 0 Å². The molecular formula is C12H15NO3S. The fourth-order valence-corrected chi connectivity index (χ4v) is 2.17. The molecule has 1 atom stereocenters. The molecule has 1 aliphatic heterocycles. The summed E-state index contributed by atoms with van der Waals surface area (Å²) in [5.41, 5.74) is 1.13. The van der Waals surface area contributed by atoms with Gasteiger partial charge in [-0.1, -0.05) is 18.2 Å². The van der Waals surface area contributed by atoms with Crippen LogP contribution < -0.4 is 0 Å². The topological polar surface area (TPSA) is 49.8 Å². The third-order valence-electron chi connectivity index (χ3n) is 2.61. The number of carbonyl (C=O) groups excluding carboxylic acids is 1. The number of aliphatic hydroxyl groups is 1. The van der Waals surface area contributed by atoms with Crippen molar-refractivity contribution in [2.75, 3.05) is 18.6 Å². The average molecular weight is 253 g/mol. The van der Waals surface area contributed by atoms with Crippen molar-refractivity contribution in [2.45, 2.75) is 12.6 Å². The van der Waals surface area contributed by atoms with Gasteiger partial charge in [-0.25, -0.2) is 0 Å². The van der Waals surface area contributed by atoms with Crippen LogP contribution in [0, 0.1) is 0 Å². The van der Waals surface area contributed by atoms with Crippen LogP contribution in [0.4, 0.5) is 0 Å². The first-order chi connectivity index (χ1) is 8.25. The molecule has 4 nitrogen and oxygen atoms in total. The fourth-order valence-electron chi connectivity index (χ4n) is 1.77. The van der Waals surface area contributed by atoms with Crippen LogP contribution in [0.25, 0.3) is 0 Å². The maximum atomic E-state index is 11.9. The standard InChI is InChI=1S/C12H15NO3S/c1-17-8-4-7-16-13-11(14)9-5-2-3-6-10(9)12(13)15/h2-3,5-6,11,14H,4,7-8H2,1H3. The summed E-state index contributed by atoms with van der Waals surface area (Å²) in [6, 6.07) is 7.02. The number of nitrogens with zero attached hydrogens (tertiary/aromatic N) is 1. The number of aliphatic hydroxyl groups excluding tert-OH is 1. The summed E-state index contributed by atoms with van der Waals surface area (Å²) >= 11 is 1.73. The lowest BCUT2D eigenvalue weighted by Crippen LogP contribution is -2.28. The Bertz CT molecular complexity index is 410. The van der Waals surface area contributed by atoms with Crippen molar-refractivity contribution in [2.24, 2.45) is 0 Å². The second-order valence-electron chi connectivity index (χ2n) is 3.77. The van der Waals surface area contributed by atoms with Gasteiger partial charge in [0.05, 0.1) is 6.61 Å². The molecule has 1 aromatic carbocycles. The van der Waals surface area contributed by atoms with Gasteiger partial charge in [-0.2, -0.15) is 16.8 Å². The largest absolute Gasteiger partial charge is 0.367 e. The van der Waals surface area contributed by atoms with Crippen molar-refractivity contribution in [1.82, 2.24) is 5.06 Å². The fraction of sp³-hybridized carbons (Fsp3) is 0.417. The second-order valence-corrected chi connectivity index (χ2v) is 4.76. The second kappa shape index (κ2) is 5.53. The Labute approximate surface area is 105 Å². The summed E-state index contributed by atoms with van der Waals surface area (Å²) in [6.45, 7) is 0.442. The molecule has 0 saturated carbocycles. The third kappa shape index (κ3) is 2.46. The van der Waals surface area contributed by atoms with E-state index in [0.717, 1.165) is 17.2 Å². The molecule has 0 aliphatic carbocycles. The van der Waals surface area contributed by atoms with Gasteiger partial charge < -0.3 is 5.11 Å². The zero-order valence-electron chi connectivity index (χ0n) is 9.63. The van der Waals surface area contributed by atoms with Crippen LogP contribution in [0.1, 0.15) is 28.6 Å². The van der Waals surface area contributed by atoms with Gasteiger partial charge >= 0.3 is 0 Å². The Morgan fingerprint density at radius 3 is 2.94 bits per heavy atom. The van der Waals surface area contributed by atoms with Crippen LogP contribution in [0.2, 0.25) is 0 Å². The van der Waals surface area contributed by atoms with Gasteiger partial charge in [-0.15, -0.1) is 0 Å². The van der Waals surface area contributed by atoms with E-state index in [0.29, 0.717) is 17.7 Å². The van der Waals surface area contributed by atoms with Crippen molar-refractivity contribution in [3.05, 3.63) is 35.4 Å². The number of amides is 1. The Balaban J connectivity index is 2.00. The number of thioether (sulfide) groups is 1. The van der Waals surface area contributed by atoms with Gasteiger partial charge in [-0.05, 0) is 24.5 Å². The van der Waals surface area contributed by atoms with Crippen molar-refractivity contribution in [3.8, 4) is 0 Å². The van der Waals surface area contributed by atoms with Crippen LogP contribution in [-0.4, -0.2) is 34.7 Å².